The lowest BCUT2D eigenvalue weighted by atomic mass is 9.84. The van der Waals surface area contributed by atoms with Gasteiger partial charge in [0.05, 0.1) is 6.10 Å². The number of unbranched alkanes of at least 4 members (excludes halogenated alkanes) is 1. The summed E-state index contributed by atoms with van der Waals surface area (Å²) in [6.45, 7) is 4.67. The first-order valence-electron chi connectivity index (χ1n) is 7.73. The minimum absolute atomic E-state index is 0.0805. The SMILES string of the molecule is CCCCC(O)C1(N2CCCCC2)CCCC1. The number of piperidine rings is 1. The van der Waals surface area contributed by atoms with Gasteiger partial charge in [-0.1, -0.05) is 39.0 Å². The lowest BCUT2D eigenvalue weighted by Crippen LogP contribution is -2.56. The average Bonchev–Trinajstić information content (AvgIpc) is 2.87. The fourth-order valence-electron chi connectivity index (χ4n) is 3.85. The van der Waals surface area contributed by atoms with Crippen molar-refractivity contribution in [2.45, 2.75) is 82.8 Å². The first kappa shape index (κ1) is 13.4. The third kappa shape index (κ3) is 2.85. The van der Waals surface area contributed by atoms with E-state index >= 15 is 0 Å². The third-order valence-electron chi connectivity index (χ3n) is 4.91. The lowest BCUT2D eigenvalue weighted by molar-refractivity contribution is -0.0429. The van der Waals surface area contributed by atoms with Crippen LogP contribution >= 0.6 is 0 Å². The van der Waals surface area contributed by atoms with Crippen LogP contribution in [0.1, 0.15) is 71.1 Å². The van der Waals surface area contributed by atoms with Crippen molar-refractivity contribution in [3.8, 4) is 0 Å². The molecule has 2 fully saturated rings. The summed E-state index contributed by atoms with van der Waals surface area (Å²) in [4.78, 5) is 2.64. The second-order valence-electron chi connectivity index (χ2n) is 6.02. The highest BCUT2D eigenvalue weighted by Gasteiger charge is 2.44. The molecule has 2 aliphatic rings. The Kier molecular flexibility index (Phi) is 4.87. The molecular weight excluding hydrogens is 210 g/mol. The van der Waals surface area contributed by atoms with Gasteiger partial charge in [0, 0.05) is 5.54 Å². The van der Waals surface area contributed by atoms with Crippen molar-refractivity contribution in [3.05, 3.63) is 0 Å². The van der Waals surface area contributed by atoms with Gasteiger partial charge in [0.1, 0.15) is 0 Å². The minimum Gasteiger partial charge on any atom is -0.391 e. The number of aliphatic hydroxyl groups is 1. The summed E-state index contributed by atoms with van der Waals surface area (Å²) in [6, 6.07) is 0. The summed E-state index contributed by atoms with van der Waals surface area (Å²) in [7, 11) is 0. The van der Waals surface area contributed by atoms with E-state index in [-0.39, 0.29) is 11.6 Å². The number of hydrogen-bond acceptors (Lipinski definition) is 2. The Balaban J connectivity index is 2.02. The van der Waals surface area contributed by atoms with Crippen LogP contribution in [0.25, 0.3) is 0 Å². The fourth-order valence-corrected chi connectivity index (χ4v) is 3.85. The highest BCUT2D eigenvalue weighted by molar-refractivity contribution is 5.00. The first-order chi connectivity index (χ1) is 8.29. The van der Waals surface area contributed by atoms with Crippen LogP contribution in [0, 0.1) is 0 Å². The Bertz CT molecular complexity index is 217. The molecule has 100 valence electrons. The van der Waals surface area contributed by atoms with E-state index < -0.39 is 0 Å². The Labute approximate surface area is 106 Å². The molecule has 0 aromatic carbocycles. The van der Waals surface area contributed by atoms with Gasteiger partial charge >= 0.3 is 0 Å². The molecule has 1 atom stereocenters. The molecule has 1 saturated carbocycles. The van der Waals surface area contributed by atoms with Crippen LogP contribution in [0.5, 0.6) is 0 Å². The quantitative estimate of drug-likeness (QED) is 0.795. The summed E-state index contributed by atoms with van der Waals surface area (Å²) >= 11 is 0. The van der Waals surface area contributed by atoms with Crippen LogP contribution < -0.4 is 0 Å². The van der Waals surface area contributed by atoms with Crippen LogP contribution in [0.3, 0.4) is 0 Å². The van der Waals surface area contributed by atoms with Crippen molar-refractivity contribution in [1.82, 2.24) is 4.90 Å². The predicted octanol–water partition coefficient (Wildman–Crippen LogP) is 3.34. The van der Waals surface area contributed by atoms with Gasteiger partial charge < -0.3 is 5.11 Å². The molecule has 2 heteroatoms. The first-order valence-corrected chi connectivity index (χ1v) is 7.73. The molecule has 0 aromatic heterocycles. The van der Waals surface area contributed by atoms with Gasteiger partial charge in [-0.15, -0.1) is 0 Å². The Morgan fingerprint density at radius 1 is 1.06 bits per heavy atom. The lowest BCUT2D eigenvalue weighted by Gasteiger charge is -2.46. The zero-order valence-corrected chi connectivity index (χ0v) is 11.5. The van der Waals surface area contributed by atoms with Crippen molar-refractivity contribution < 1.29 is 5.11 Å². The van der Waals surface area contributed by atoms with E-state index in [1.165, 1.54) is 70.9 Å². The summed E-state index contributed by atoms with van der Waals surface area (Å²) in [5.74, 6) is 0. The summed E-state index contributed by atoms with van der Waals surface area (Å²) < 4.78 is 0. The molecule has 2 rings (SSSR count). The topological polar surface area (TPSA) is 23.5 Å². The molecule has 0 spiro atoms. The molecule has 0 radical (unpaired) electrons. The van der Waals surface area contributed by atoms with Gasteiger partial charge in [-0.2, -0.15) is 0 Å². The summed E-state index contributed by atoms with van der Waals surface area (Å²) in [5.41, 5.74) is 0.162. The molecule has 0 aromatic rings. The molecule has 17 heavy (non-hydrogen) atoms. The van der Waals surface area contributed by atoms with Gasteiger partial charge in [-0.25, -0.2) is 0 Å². The minimum atomic E-state index is -0.0805. The highest BCUT2D eigenvalue weighted by Crippen LogP contribution is 2.40. The number of likely N-dealkylation sites (tertiary alicyclic amines) is 1. The van der Waals surface area contributed by atoms with E-state index in [1.807, 2.05) is 0 Å². The fraction of sp³-hybridized carbons (Fsp3) is 1.00. The van der Waals surface area contributed by atoms with Crippen LogP contribution in [0.2, 0.25) is 0 Å². The molecule has 1 heterocycles. The van der Waals surface area contributed by atoms with Crippen molar-refractivity contribution in [2.24, 2.45) is 0 Å². The molecule has 1 saturated heterocycles. The second-order valence-corrected chi connectivity index (χ2v) is 6.02. The smallest absolute Gasteiger partial charge is 0.0723 e. The third-order valence-corrected chi connectivity index (χ3v) is 4.91. The summed E-state index contributed by atoms with van der Waals surface area (Å²) in [6.07, 6.45) is 12.5. The molecule has 1 aliphatic heterocycles. The van der Waals surface area contributed by atoms with E-state index in [9.17, 15) is 5.11 Å². The van der Waals surface area contributed by atoms with Crippen molar-refractivity contribution in [1.29, 1.82) is 0 Å². The second kappa shape index (κ2) is 6.19. The molecule has 1 N–H and O–H groups in total. The molecule has 0 amide bonds. The average molecular weight is 239 g/mol. The van der Waals surface area contributed by atoms with E-state index in [1.54, 1.807) is 0 Å². The van der Waals surface area contributed by atoms with Crippen molar-refractivity contribution in [3.63, 3.8) is 0 Å². The van der Waals surface area contributed by atoms with Gasteiger partial charge in [-0.05, 0) is 45.2 Å². The molecule has 2 nitrogen and oxygen atoms in total. The maximum absolute atomic E-state index is 10.6. The van der Waals surface area contributed by atoms with Gasteiger partial charge in [0.15, 0.2) is 0 Å². The van der Waals surface area contributed by atoms with Gasteiger partial charge in [0.2, 0.25) is 0 Å². The van der Waals surface area contributed by atoms with E-state index in [2.05, 4.69) is 11.8 Å². The molecule has 1 unspecified atom stereocenters. The maximum Gasteiger partial charge on any atom is 0.0723 e. The van der Waals surface area contributed by atoms with Crippen LogP contribution in [0.4, 0.5) is 0 Å². The van der Waals surface area contributed by atoms with E-state index in [0.717, 1.165) is 6.42 Å². The number of nitrogens with zero attached hydrogens (tertiary/aromatic N) is 1. The standard InChI is InChI=1S/C15H29NO/c1-2-3-9-14(17)15(10-5-6-11-15)16-12-7-4-8-13-16/h14,17H,2-13H2,1H3. The monoisotopic (exact) mass is 239 g/mol. The number of hydrogen-bond donors (Lipinski definition) is 1. The summed E-state index contributed by atoms with van der Waals surface area (Å²) in [5, 5.41) is 10.6. The van der Waals surface area contributed by atoms with Crippen LogP contribution in [-0.2, 0) is 0 Å². The highest BCUT2D eigenvalue weighted by atomic mass is 16.3. The Morgan fingerprint density at radius 2 is 1.71 bits per heavy atom. The zero-order valence-electron chi connectivity index (χ0n) is 11.5. The maximum atomic E-state index is 10.6. The van der Waals surface area contributed by atoms with E-state index in [0.29, 0.717) is 0 Å². The zero-order chi connectivity index (χ0) is 12.1. The van der Waals surface area contributed by atoms with E-state index in [4.69, 9.17) is 0 Å². The molecule has 1 aliphatic carbocycles. The van der Waals surface area contributed by atoms with Crippen LogP contribution in [0.15, 0.2) is 0 Å². The molecule has 0 bridgehead atoms. The number of rotatable bonds is 5. The predicted molar refractivity (Wildman–Crippen MR) is 72.2 cm³/mol. The van der Waals surface area contributed by atoms with Crippen molar-refractivity contribution in [2.75, 3.05) is 13.1 Å². The Morgan fingerprint density at radius 3 is 2.29 bits per heavy atom. The van der Waals surface area contributed by atoms with Gasteiger partial charge in [-0.3, -0.25) is 4.90 Å². The Hall–Kier alpha value is -0.0800. The largest absolute Gasteiger partial charge is 0.391 e. The van der Waals surface area contributed by atoms with Gasteiger partial charge in [0.25, 0.3) is 0 Å². The normalized spacial score (nSPS) is 27.2. The van der Waals surface area contributed by atoms with Crippen molar-refractivity contribution >= 4 is 0 Å². The molecular formula is C15H29NO. The van der Waals surface area contributed by atoms with Crippen LogP contribution in [-0.4, -0.2) is 34.7 Å². The number of aliphatic hydroxyl groups excluding tert-OH is 1.